The molecule has 0 fully saturated rings. The Morgan fingerprint density at radius 3 is 2.24 bits per heavy atom. The molecule has 0 aliphatic heterocycles. The van der Waals surface area contributed by atoms with Gasteiger partial charge in [-0.2, -0.15) is 0 Å². The van der Waals surface area contributed by atoms with Crippen molar-refractivity contribution in [1.82, 2.24) is 15.3 Å². The van der Waals surface area contributed by atoms with Crippen LogP contribution in [0.15, 0.2) is 4.79 Å². The SMILES string of the molecule is Cc1nc(C)c(C(C)NC(C)C(C)C)c(=O)[nH]1. The second kappa shape index (κ2) is 5.45. The molecule has 0 saturated carbocycles. The van der Waals surface area contributed by atoms with Crippen molar-refractivity contribution in [3.05, 3.63) is 27.4 Å². The van der Waals surface area contributed by atoms with E-state index in [-0.39, 0.29) is 11.6 Å². The Balaban J connectivity index is 2.97. The van der Waals surface area contributed by atoms with Crippen LogP contribution in [0.3, 0.4) is 0 Å². The van der Waals surface area contributed by atoms with Gasteiger partial charge in [-0.05, 0) is 33.6 Å². The van der Waals surface area contributed by atoms with Crippen molar-refractivity contribution in [1.29, 1.82) is 0 Å². The summed E-state index contributed by atoms with van der Waals surface area (Å²) in [4.78, 5) is 19.0. The third kappa shape index (κ3) is 3.40. The predicted molar refractivity (Wildman–Crippen MR) is 70.2 cm³/mol. The molecular weight excluding hydrogens is 214 g/mol. The summed E-state index contributed by atoms with van der Waals surface area (Å²) in [6.07, 6.45) is 0. The van der Waals surface area contributed by atoms with Crippen molar-refractivity contribution >= 4 is 0 Å². The van der Waals surface area contributed by atoms with Crippen LogP contribution in [0.25, 0.3) is 0 Å². The summed E-state index contributed by atoms with van der Waals surface area (Å²) in [5, 5.41) is 3.44. The van der Waals surface area contributed by atoms with Crippen LogP contribution >= 0.6 is 0 Å². The first kappa shape index (κ1) is 13.9. The molecule has 0 aromatic carbocycles. The number of hydrogen-bond donors (Lipinski definition) is 2. The number of H-pyrrole nitrogens is 1. The largest absolute Gasteiger partial charge is 0.310 e. The Morgan fingerprint density at radius 2 is 1.76 bits per heavy atom. The van der Waals surface area contributed by atoms with Crippen molar-refractivity contribution < 1.29 is 0 Å². The van der Waals surface area contributed by atoms with Gasteiger partial charge in [0.2, 0.25) is 0 Å². The van der Waals surface area contributed by atoms with E-state index in [1.807, 2.05) is 13.8 Å². The third-order valence-corrected chi connectivity index (χ3v) is 3.21. The quantitative estimate of drug-likeness (QED) is 0.843. The number of nitrogens with one attached hydrogen (secondary N) is 2. The standard InChI is InChI=1S/C13H23N3O/c1-7(2)8(3)14-9(4)12-10(5)15-11(6)16-13(12)17/h7-9,14H,1-6H3,(H,15,16,17). The van der Waals surface area contributed by atoms with E-state index in [0.29, 0.717) is 17.8 Å². The minimum Gasteiger partial charge on any atom is -0.310 e. The first-order valence-electron chi connectivity index (χ1n) is 6.16. The molecule has 0 bridgehead atoms. The maximum absolute atomic E-state index is 11.9. The van der Waals surface area contributed by atoms with Crippen LogP contribution in [0.4, 0.5) is 0 Å². The molecule has 4 heteroatoms. The molecule has 4 nitrogen and oxygen atoms in total. The Labute approximate surface area is 103 Å². The van der Waals surface area contributed by atoms with Gasteiger partial charge in [0.25, 0.3) is 5.56 Å². The lowest BCUT2D eigenvalue weighted by atomic mass is 10.0. The Hall–Kier alpha value is -1.16. The number of rotatable bonds is 4. The summed E-state index contributed by atoms with van der Waals surface area (Å²) in [6.45, 7) is 12.1. The van der Waals surface area contributed by atoms with Gasteiger partial charge in [0.05, 0.1) is 5.56 Å². The highest BCUT2D eigenvalue weighted by Gasteiger charge is 2.17. The van der Waals surface area contributed by atoms with Gasteiger partial charge in [0, 0.05) is 17.8 Å². The second-order valence-corrected chi connectivity index (χ2v) is 5.07. The van der Waals surface area contributed by atoms with Gasteiger partial charge in [-0.3, -0.25) is 4.79 Å². The van der Waals surface area contributed by atoms with Gasteiger partial charge in [0.1, 0.15) is 5.82 Å². The van der Waals surface area contributed by atoms with Gasteiger partial charge in [-0.1, -0.05) is 13.8 Å². The average Bonchev–Trinajstić information content (AvgIpc) is 2.15. The Morgan fingerprint density at radius 1 is 1.18 bits per heavy atom. The van der Waals surface area contributed by atoms with Gasteiger partial charge in [-0.25, -0.2) is 4.98 Å². The van der Waals surface area contributed by atoms with E-state index >= 15 is 0 Å². The number of aromatic amines is 1. The first-order valence-corrected chi connectivity index (χ1v) is 6.16. The van der Waals surface area contributed by atoms with E-state index in [1.165, 1.54) is 0 Å². The van der Waals surface area contributed by atoms with E-state index in [9.17, 15) is 4.79 Å². The van der Waals surface area contributed by atoms with E-state index in [1.54, 1.807) is 6.92 Å². The lowest BCUT2D eigenvalue weighted by Crippen LogP contribution is -2.36. The highest BCUT2D eigenvalue weighted by Crippen LogP contribution is 2.13. The predicted octanol–water partition coefficient (Wildman–Crippen LogP) is 2.08. The van der Waals surface area contributed by atoms with Crippen molar-refractivity contribution in [2.75, 3.05) is 0 Å². The zero-order valence-corrected chi connectivity index (χ0v) is 11.6. The molecule has 0 saturated heterocycles. The van der Waals surface area contributed by atoms with Crippen LogP contribution in [0.2, 0.25) is 0 Å². The lowest BCUT2D eigenvalue weighted by Gasteiger charge is -2.23. The summed E-state index contributed by atoms with van der Waals surface area (Å²) >= 11 is 0. The van der Waals surface area contributed by atoms with Crippen LogP contribution in [0.5, 0.6) is 0 Å². The summed E-state index contributed by atoms with van der Waals surface area (Å²) in [7, 11) is 0. The van der Waals surface area contributed by atoms with Crippen LogP contribution in [-0.4, -0.2) is 16.0 Å². The molecule has 2 atom stereocenters. The van der Waals surface area contributed by atoms with Gasteiger partial charge < -0.3 is 10.3 Å². The summed E-state index contributed by atoms with van der Waals surface area (Å²) in [5.74, 6) is 1.20. The van der Waals surface area contributed by atoms with E-state index < -0.39 is 0 Å². The zero-order chi connectivity index (χ0) is 13.2. The van der Waals surface area contributed by atoms with Gasteiger partial charge in [-0.15, -0.1) is 0 Å². The molecule has 0 aliphatic rings. The summed E-state index contributed by atoms with van der Waals surface area (Å²) < 4.78 is 0. The molecule has 1 heterocycles. The molecule has 96 valence electrons. The summed E-state index contributed by atoms with van der Waals surface area (Å²) in [6, 6.07) is 0.384. The van der Waals surface area contributed by atoms with Gasteiger partial charge in [0.15, 0.2) is 0 Å². The summed E-state index contributed by atoms with van der Waals surface area (Å²) in [5.41, 5.74) is 1.51. The fraction of sp³-hybridized carbons (Fsp3) is 0.692. The zero-order valence-electron chi connectivity index (χ0n) is 11.6. The molecule has 1 rings (SSSR count). The minimum absolute atomic E-state index is 0.0178. The monoisotopic (exact) mass is 237 g/mol. The number of hydrogen-bond acceptors (Lipinski definition) is 3. The van der Waals surface area contributed by atoms with E-state index in [2.05, 4.69) is 36.1 Å². The molecule has 0 radical (unpaired) electrons. The highest BCUT2D eigenvalue weighted by atomic mass is 16.1. The lowest BCUT2D eigenvalue weighted by molar-refractivity contribution is 0.386. The molecule has 17 heavy (non-hydrogen) atoms. The molecular formula is C13H23N3O. The fourth-order valence-electron chi connectivity index (χ4n) is 1.92. The topological polar surface area (TPSA) is 57.8 Å². The van der Waals surface area contributed by atoms with E-state index in [4.69, 9.17) is 0 Å². The van der Waals surface area contributed by atoms with Crippen molar-refractivity contribution in [3.8, 4) is 0 Å². The third-order valence-electron chi connectivity index (χ3n) is 3.21. The van der Waals surface area contributed by atoms with E-state index in [0.717, 1.165) is 11.3 Å². The maximum atomic E-state index is 11.9. The smallest absolute Gasteiger partial charge is 0.255 e. The second-order valence-electron chi connectivity index (χ2n) is 5.07. The number of nitrogens with zero attached hydrogens (tertiary/aromatic N) is 1. The molecule has 1 aromatic heterocycles. The van der Waals surface area contributed by atoms with Crippen molar-refractivity contribution in [2.24, 2.45) is 5.92 Å². The molecule has 0 amide bonds. The van der Waals surface area contributed by atoms with Crippen molar-refractivity contribution in [3.63, 3.8) is 0 Å². The minimum atomic E-state index is -0.0362. The van der Waals surface area contributed by atoms with Crippen LogP contribution in [0.1, 0.15) is 50.8 Å². The molecule has 0 spiro atoms. The molecule has 2 N–H and O–H groups in total. The number of aryl methyl sites for hydroxylation is 2. The fourth-order valence-corrected chi connectivity index (χ4v) is 1.92. The molecule has 1 aromatic rings. The first-order chi connectivity index (χ1) is 7.82. The van der Waals surface area contributed by atoms with Crippen LogP contribution in [-0.2, 0) is 0 Å². The molecule has 2 unspecified atom stereocenters. The molecule has 0 aliphatic carbocycles. The Bertz CT molecular complexity index is 437. The maximum Gasteiger partial charge on any atom is 0.255 e. The average molecular weight is 237 g/mol. The van der Waals surface area contributed by atoms with Crippen molar-refractivity contribution in [2.45, 2.75) is 53.6 Å². The van der Waals surface area contributed by atoms with Gasteiger partial charge >= 0.3 is 0 Å². The van der Waals surface area contributed by atoms with Crippen LogP contribution < -0.4 is 10.9 Å². The Kier molecular flexibility index (Phi) is 4.46. The number of aromatic nitrogens is 2. The normalized spacial score (nSPS) is 15.0. The van der Waals surface area contributed by atoms with Crippen LogP contribution in [0, 0.1) is 19.8 Å². The highest BCUT2D eigenvalue weighted by molar-refractivity contribution is 5.20.